The molecule has 1 aromatic rings. The first kappa shape index (κ1) is 15.0. The Hall–Kier alpha value is -1.41. The van der Waals surface area contributed by atoms with Gasteiger partial charge in [0.2, 0.25) is 0 Å². The molecule has 1 aliphatic carbocycles. The molecule has 1 saturated carbocycles. The third-order valence-electron chi connectivity index (χ3n) is 3.90. The zero-order valence-electron chi connectivity index (χ0n) is 12.9. The summed E-state index contributed by atoms with van der Waals surface area (Å²) in [5.41, 5.74) is 3.41. The minimum Gasteiger partial charge on any atom is -0.309 e. The summed E-state index contributed by atoms with van der Waals surface area (Å²) in [5.74, 6) is 0.529. The number of benzene rings is 1. The topological polar surface area (TPSA) is 20.3 Å². The van der Waals surface area contributed by atoms with Crippen LogP contribution in [-0.4, -0.2) is 31.3 Å². The molecule has 2 rings (SSSR count). The summed E-state index contributed by atoms with van der Waals surface area (Å²) in [6, 6.07) is 8.37. The van der Waals surface area contributed by atoms with Crippen molar-refractivity contribution in [3.05, 3.63) is 41.0 Å². The molecule has 108 valence electrons. The van der Waals surface area contributed by atoms with Gasteiger partial charge in [-0.3, -0.25) is 4.79 Å². The summed E-state index contributed by atoms with van der Waals surface area (Å²) in [4.78, 5) is 14.8. The molecule has 0 spiro atoms. The van der Waals surface area contributed by atoms with Gasteiger partial charge in [0.1, 0.15) is 0 Å². The maximum absolute atomic E-state index is 12.7. The number of carbonyl (C=O) groups is 1. The molecule has 0 radical (unpaired) electrons. The Bertz CT molecular complexity index is 502. The second-order valence-corrected chi connectivity index (χ2v) is 6.15. The Labute approximate surface area is 122 Å². The fourth-order valence-electron chi connectivity index (χ4n) is 2.94. The maximum atomic E-state index is 12.7. The number of hydrogen-bond donors (Lipinski definition) is 0. The van der Waals surface area contributed by atoms with Crippen molar-refractivity contribution >= 4 is 11.9 Å². The van der Waals surface area contributed by atoms with E-state index in [9.17, 15) is 4.79 Å². The molecule has 0 heterocycles. The Kier molecular flexibility index (Phi) is 5.13. The van der Waals surface area contributed by atoms with Gasteiger partial charge in [-0.2, -0.15) is 0 Å². The number of rotatable bonds is 3. The number of Topliss-reactive ketones (excluding diaryl/α,β-unsaturated/α-hetero) is 1. The smallest absolute Gasteiger partial charge is 0.163 e. The zero-order valence-corrected chi connectivity index (χ0v) is 12.9. The zero-order chi connectivity index (χ0) is 14.5. The first-order chi connectivity index (χ1) is 9.56. The minimum absolute atomic E-state index is 0.170. The number of ketones is 1. The molecule has 2 nitrogen and oxygen atoms in total. The highest BCUT2D eigenvalue weighted by molar-refractivity contribution is 6.01. The van der Waals surface area contributed by atoms with Crippen molar-refractivity contribution in [2.24, 2.45) is 5.92 Å². The average molecular weight is 271 g/mol. The summed E-state index contributed by atoms with van der Waals surface area (Å²) in [6.07, 6.45) is 6.35. The van der Waals surface area contributed by atoms with Gasteiger partial charge >= 0.3 is 0 Å². The quantitative estimate of drug-likeness (QED) is 0.617. The third kappa shape index (κ3) is 4.04. The Morgan fingerprint density at radius 3 is 2.80 bits per heavy atom. The Balaban J connectivity index is 2.22. The number of carbonyl (C=O) groups excluding carboxylic acids is 1. The monoisotopic (exact) mass is 271 g/mol. The Morgan fingerprint density at radius 1 is 1.30 bits per heavy atom. The second-order valence-electron chi connectivity index (χ2n) is 6.15. The van der Waals surface area contributed by atoms with Gasteiger partial charge in [-0.15, -0.1) is 0 Å². The second kappa shape index (κ2) is 6.85. The molecule has 0 saturated heterocycles. The number of nitrogens with zero attached hydrogens (tertiary/aromatic N) is 1. The molecule has 0 aliphatic heterocycles. The molecule has 0 aromatic heterocycles. The Morgan fingerprint density at radius 2 is 2.10 bits per heavy atom. The minimum atomic E-state index is 0.170. The molecule has 2 heteroatoms. The molecule has 1 aromatic carbocycles. The first-order valence-corrected chi connectivity index (χ1v) is 7.52. The van der Waals surface area contributed by atoms with Crippen molar-refractivity contribution in [1.29, 1.82) is 0 Å². The highest BCUT2D eigenvalue weighted by atomic mass is 16.1. The van der Waals surface area contributed by atoms with Gasteiger partial charge in [-0.25, -0.2) is 0 Å². The lowest BCUT2D eigenvalue weighted by atomic mass is 9.94. The lowest BCUT2D eigenvalue weighted by molar-refractivity contribution is -0.119. The predicted molar refractivity (Wildman–Crippen MR) is 84.7 cm³/mol. The van der Waals surface area contributed by atoms with E-state index in [0.29, 0.717) is 5.78 Å². The lowest BCUT2D eigenvalue weighted by Gasteiger charge is -2.18. The summed E-state index contributed by atoms with van der Waals surface area (Å²) in [5, 5.41) is 0. The highest BCUT2D eigenvalue weighted by Crippen LogP contribution is 2.26. The average Bonchev–Trinajstić information content (AvgIpc) is 2.54. The van der Waals surface area contributed by atoms with E-state index in [1.165, 1.54) is 5.56 Å². The molecular weight excluding hydrogens is 246 g/mol. The normalized spacial score (nSPS) is 22.3. The van der Waals surface area contributed by atoms with E-state index in [-0.39, 0.29) is 5.92 Å². The first-order valence-electron chi connectivity index (χ1n) is 7.52. The molecule has 20 heavy (non-hydrogen) atoms. The molecule has 1 atom stereocenters. The highest BCUT2D eigenvalue weighted by Gasteiger charge is 2.25. The predicted octanol–water partition coefficient (Wildman–Crippen LogP) is 3.70. The van der Waals surface area contributed by atoms with E-state index < -0.39 is 0 Å². The van der Waals surface area contributed by atoms with E-state index in [0.717, 1.165) is 43.4 Å². The number of allylic oxidation sites excluding steroid dienone is 1. The van der Waals surface area contributed by atoms with Gasteiger partial charge in [0.25, 0.3) is 0 Å². The third-order valence-corrected chi connectivity index (χ3v) is 3.90. The molecule has 0 bridgehead atoms. The molecular formula is C18H25NO. The van der Waals surface area contributed by atoms with Crippen LogP contribution in [-0.2, 0) is 4.79 Å². The van der Waals surface area contributed by atoms with Gasteiger partial charge in [0, 0.05) is 12.5 Å². The molecule has 1 fully saturated rings. The van der Waals surface area contributed by atoms with Gasteiger partial charge in [0.15, 0.2) is 5.78 Å². The summed E-state index contributed by atoms with van der Waals surface area (Å²) in [6.45, 7) is 2.95. The van der Waals surface area contributed by atoms with Crippen LogP contribution in [0.4, 0.5) is 0 Å². The van der Waals surface area contributed by atoms with Crippen molar-refractivity contribution in [2.75, 3.05) is 20.6 Å². The SMILES string of the molecule is Cc1cccc(C=C2CCCCC(CN(C)C)C2=O)c1. The van der Waals surface area contributed by atoms with Gasteiger partial charge < -0.3 is 4.90 Å². The van der Waals surface area contributed by atoms with Crippen molar-refractivity contribution < 1.29 is 4.79 Å². The summed E-state index contributed by atoms with van der Waals surface area (Å²) < 4.78 is 0. The molecule has 1 unspecified atom stereocenters. The van der Waals surface area contributed by atoms with Gasteiger partial charge in [-0.1, -0.05) is 36.2 Å². The van der Waals surface area contributed by atoms with E-state index in [2.05, 4.69) is 42.2 Å². The molecule has 1 aliphatic rings. The van der Waals surface area contributed by atoms with Crippen LogP contribution in [0.5, 0.6) is 0 Å². The summed E-state index contributed by atoms with van der Waals surface area (Å²) in [7, 11) is 4.09. The summed E-state index contributed by atoms with van der Waals surface area (Å²) >= 11 is 0. The van der Waals surface area contributed by atoms with E-state index in [1.54, 1.807) is 0 Å². The van der Waals surface area contributed by atoms with Crippen LogP contribution in [0.1, 0.15) is 36.8 Å². The van der Waals surface area contributed by atoms with Crippen molar-refractivity contribution in [3.8, 4) is 0 Å². The van der Waals surface area contributed by atoms with Crippen LogP contribution in [0.2, 0.25) is 0 Å². The van der Waals surface area contributed by atoms with Gasteiger partial charge in [-0.05, 0) is 57.5 Å². The van der Waals surface area contributed by atoms with Crippen LogP contribution in [0.3, 0.4) is 0 Å². The van der Waals surface area contributed by atoms with Gasteiger partial charge in [0.05, 0.1) is 0 Å². The molecule has 0 N–H and O–H groups in total. The lowest BCUT2D eigenvalue weighted by Crippen LogP contribution is -2.27. The standard InChI is InChI=1S/C18H25NO/c1-14-7-6-8-15(11-14)12-16-9-4-5-10-17(18(16)20)13-19(2)3/h6-8,11-12,17H,4-5,9-10,13H2,1-3H3. The van der Waals surface area contributed by atoms with Crippen LogP contribution in [0, 0.1) is 12.8 Å². The van der Waals surface area contributed by atoms with E-state index >= 15 is 0 Å². The van der Waals surface area contributed by atoms with E-state index in [4.69, 9.17) is 0 Å². The fraction of sp³-hybridized carbons (Fsp3) is 0.500. The fourth-order valence-corrected chi connectivity index (χ4v) is 2.94. The van der Waals surface area contributed by atoms with Crippen molar-refractivity contribution in [2.45, 2.75) is 32.6 Å². The van der Waals surface area contributed by atoms with Crippen LogP contribution >= 0.6 is 0 Å². The van der Waals surface area contributed by atoms with Crippen LogP contribution in [0.15, 0.2) is 29.8 Å². The van der Waals surface area contributed by atoms with Crippen LogP contribution in [0.25, 0.3) is 6.08 Å². The van der Waals surface area contributed by atoms with E-state index in [1.807, 2.05) is 14.1 Å². The number of hydrogen-bond acceptors (Lipinski definition) is 2. The maximum Gasteiger partial charge on any atom is 0.163 e. The largest absolute Gasteiger partial charge is 0.309 e. The number of aryl methyl sites for hydroxylation is 1. The van der Waals surface area contributed by atoms with Crippen LogP contribution < -0.4 is 0 Å². The van der Waals surface area contributed by atoms with Crippen molar-refractivity contribution in [3.63, 3.8) is 0 Å². The van der Waals surface area contributed by atoms with Crippen molar-refractivity contribution in [1.82, 2.24) is 4.90 Å². The molecule has 0 amide bonds.